The fraction of sp³-hybridized carbons (Fsp3) is 0.500. The molecule has 0 saturated heterocycles. The van der Waals surface area contributed by atoms with Crippen LogP contribution in [0.2, 0.25) is 0 Å². The molecule has 3 heteroatoms. The lowest BCUT2D eigenvalue weighted by atomic mass is 10.0. The number of carbonyl (C=O) groups excluding carboxylic acids is 1. The van der Waals surface area contributed by atoms with Crippen LogP contribution in [0.5, 0.6) is 0 Å². The van der Waals surface area contributed by atoms with Crippen LogP contribution in [0.1, 0.15) is 36.2 Å². The second-order valence-electron chi connectivity index (χ2n) is 5.06. The van der Waals surface area contributed by atoms with Crippen molar-refractivity contribution in [2.24, 2.45) is 11.3 Å². The van der Waals surface area contributed by atoms with Gasteiger partial charge < -0.3 is 5.73 Å². The molecule has 1 aromatic heterocycles. The maximum absolute atomic E-state index is 12.1. The molecule has 1 unspecified atom stereocenters. The summed E-state index contributed by atoms with van der Waals surface area (Å²) < 4.78 is 0. The summed E-state index contributed by atoms with van der Waals surface area (Å²) in [7, 11) is 0. The van der Waals surface area contributed by atoms with E-state index in [1.165, 1.54) is 0 Å². The Morgan fingerprint density at radius 3 is 2.73 bits per heavy atom. The number of nitrogens with two attached hydrogens (primary N) is 1. The Hall–Kier alpha value is -1.38. The maximum Gasteiger partial charge on any atom is 0.170 e. The third-order valence-electron chi connectivity index (χ3n) is 3.15. The molecule has 2 rings (SSSR count). The summed E-state index contributed by atoms with van der Waals surface area (Å²) in [4.78, 5) is 16.1. The SMILES string of the molecule is Cc1cnc(N)c(C(=O)C2CC2(C)C)c1. The second kappa shape index (κ2) is 3.05. The first-order valence-electron chi connectivity index (χ1n) is 5.18. The number of aryl methyl sites for hydroxylation is 1. The highest BCUT2D eigenvalue weighted by Crippen LogP contribution is 2.53. The summed E-state index contributed by atoms with van der Waals surface area (Å²) in [6.45, 7) is 6.13. The summed E-state index contributed by atoms with van der Waals surface area (Å²) in [6, 6.07) is 1.83. The van der Waals surface area contributed by atoms with Crippen LogP contribution in [0, 0.1) is 18.3 Å². The van der Waals surface area contributed by atoms with E-state index in [2.05, 4.69) is 18.8 Å². The van der Waals surface area contributed by atoms with E-state index in [0.717, 1.165) is 12.0 Å². The van der Waals surface area contributed by atoms with E-state index < -0.39 is 0 Å². The Labute approximate surface area is 89.7 Å². The predicted molar refractivity (Wildman–Crippen MR) is 59.6 cm³/mol. The van der Waals surface area contributed by atoms with Gasteiger partial charge in [0.15, 0.2) is 5.78 Å². The number of hydrogen-bond acceptors (Lipinski definition) is 3. The standard InChI is InChI=1S/C12H16N2O/c1-7-4-8(11(13)14-6-7)10(15)9-5-12(9,2)3/h4,6,9H,5H2,1-3H3,(H2,13,14). The average molecular weight is 204 g/mol. The molecule has 0 radical (unpaired) electrons. The molecule has 1 aromatic rings. The largest absolute Gasteiger partial charge is 0.383 e. The monoisotopic (exact) mass is 204 g/mol. The molecule has 0 aromatic carbocycles. The second-order valence-corrected chi connectivity index (χ2v) is 5.06. The van der Waals surface area contributed by atoms with Gasteiger partial charge in [-0.05, 0) is 30.4 Å². The first kappa shape index (κ1) is 10.1. The number of rotatable bonds is 2. The van der Waals surface area contributed by atoms with Crippen LogP contribution in [0.4, 0.5) is 5.82 Å². The van der Waals surface area contributed by atoms with Crippen LogP contribution >= 0.6 is 0 Å². The number of nitrogens with zero attached hydrogens (tertiary/aromatic N) is 1. The van der Waals surface area contributed by atoms with E-state index in [1.54, 1.807) is 6.20 Å². The number of nitrogen functional groups attached to an aromatic ring is 1. The van der Waals surface area contributed by atoms with Gasteiger partial charge in [0.05, 0.1) is 5.56 Å². The van der Waals surface area contributed by atoms with Crippen LogP contribution in [0.3, 0.4) is 0 Å². The van der Waals surface area contributed by atoms with Crippen LogP contribution < -0.4 is 5.73 Å². The van der Waals surface area contributed by atoms with Gasteiger partial charge in [-0.1, -0.05) is 13.8 Å². The van der Waals surface area contributed by atoms with Gasteiger partial charge in [0.25, 0.3) is 0 Å². The van der Waals surface area contributed by atoms with Crippen LogP contribution in [0.15, 0.2) is 12.3 Å². The van der Waals surface area contributed by atoms with Gasteiger partial charge in [0.1, 0.15) is 5.82 Å². The Balaban J connectivity index is 2.30. The summed E-state index contributed by atoms with van der Waals surface area (Å²) in [5.41, 5.74) is 7.42. The minimum atomic E-state index is 0.128. The number of pyridine rings is 1. The van der Waals surface area contributed by atoms with Crippen molar-refractivity contribution in [3.8, 4) is 0 Å². The van der Waals surface area contributed by atoms with Crippen molar-refractivity contribution >= 4 is 11.6 Å². The van der Waals surface area contributed by atoms with Crippen molar-refractivity contribution in [2.75, 3.05) is 5.73 Å². The molecule has 3 nitrogen and oxygen atoms in total. The van der Waals surface area contributed by atoms with E-state index in [9.17, 15) is 4.79 Å². The Kier molecular flexibility index (Phi) is 2.07. The van der Waals surface area contributed by atoms with Crippen molar-refractivity contribution in [3.63, 3.8) is 0 Å². The summed E-state index contributed by atoms with van der Waals surface area (Å²) in [6.07, 6.45) is 2.64. The first-order chi connectivity index (χ1) is 6.92. The molecule has 80 valence electrons. The van der Waals surface area contributed by atoms with Crippen molar-refractivity contribution in [2.45, 2.75) is 27.2 Å². The molecule has 1 heterocycles. The predicted octanol–water partition coefficient (Wildman–Crippen LogP) is 2.20. The zero-order valence-corrected chi connectivity index (χ0v) is 9.37. The number of ketones is 1. The van der Waals surface area contributed by atoms with E-state index >= 15 is 0 Å². The molecular formula is C12H16N2O. The number of hydrogen-bond donors (Lipinski definition) is 1. The van der Waals surface area contributed by atoms with Crippen LogP contribution in [0.25, 0.3) is 0 Å². The molecule has 1 saturated carbocycles. The third kappa shape index (κ3) is 1.74. The fourth-order valence-electron chi connectivity index (χ4n) is 1.88. The Morgan fingerprint density at radius 1 is 1.60 bits per heavy atom. The molecular weight excluding hydrogens is 188 g/mol. The fourth-order valence-corrected chi connectivity index (χ4v) is 1.88. The van der Waals surface area contributed by atoms with Gasteiger partial charge in [-0.15, -0.1) is 0 Å². The quantitative estimate of drug-likeness (QED) is 0.751. The smallest absolute Gasteiger partial charge is 0.170 e. The summed E-state index contributed by atoms with van der Waals surface area (Å²) in [5.74, 6) is 0.630. The van der Waals surface area contributed by atoms with Crippen molar-refractivity contribution < 1.29 is 4.79 Å². The molecule has 1 aliphatic rings. The normalized spacial score (nSPS) is 22.5. The van der Waals surface area contributed by atoms with E-state index in [0.29, 0.717) is 11.4 Å². The first-order valence-corrected chi connectivity index (χ1v) is 5.18. The molecule has 0 spiro atoms. The van der Waals surface area contributed by atoms with E-state index in [4.69, 9.17) is 5.73 Å². The number of anilines is 1. The average Bonchev–Trinajstić information content (AvgIpc) is 2.78. The molecule has 0 bridgehead atoms. The lowest BCUT2D eigenvalue weighted by Gasteiger charge is -2.06. The number of Topliss-reactive ketones (excluding diaryl/α,β-unsaturated/α-hetero) is 1. The lowest BCUT2D eigenvalue weighted by Crippen LogP contribution is -2.10. The van der Waals surface area contributed by atoms with E-state index in [-0.39, 0.29) is 17.1 Å². The summed E-state index contributed by atoms with van der Waals surface area (Å²) >= 11 is 0. The van der Waals surface area contributed by atoms with Gasteiger partial charge in [0.2, 0.25) is 0 Å². The molecule has 1 atom stereocenters. The Morgan fingerprint density at radius 2 is 2.20 bits per heavy atom. The molecule has 1 aliphatic carbocycles. The molecule has 1 fully saturated rings. The van der Waals surface area contributed by atoms with Gasteiger partial charge in [-0.3, -0.25) is 4.79 Å². The highest BCUT2D eigenvalue weighted by Gasteiger charge is 2.50. The maximum atomic E-state index is 12.1. The van der Waals surface area contributed by atoms with Gasteiger partial charge in [-0.2, -0.15) is 0 Å². The summed E-state index contributed by atoms with van der Waals surface area (Å²) in [5, 5.41) is 0. The third-order valence-corrected chi connectivity index (χ3v) is 3.15. The van der Waals surface area contributed by atoms with Crippen molar-refractivity contribution in [1.82, 2.24) is 4.98 Å². The van der Waals surface area contributed by atoms with Gasteiger partial charge in [0, 0.05) is 12.1 Å². The Bertz CT molecular complexity index is 424. The van der Waals surface area contributed by atoms with Crippen molar-refractivity contribution in [1.29, 1.82) is 0 Å². The van der Waals surface area contributed by atoms with Crippen LogP contribution in [-0.2, 0) is 0 Å². The number of aromatic nitrogens is 1. The molecule has 0 aliphatic heterocycles. The highest BCUT2D eigenvalue weighted by atomic mass is 16.1. The zero-order valence-electron chi connectivity index (χ0n) is 9.37. The minimum absolute atomic E-state index is 0.128. The topological polar surface area (TPSA) is 56.0 Å². The van der Waals surface area contributed by atoms with Crippen LogP contribution in [-0.4, -0.2) is 10.8 Å². The zero-order chi connectivity index (χ0) is 11.2. The number of carbonyl (C=O) groups is 1. The van der Waals surface area contributed by atoms with Gasteiger partial charge in [-0.25, -0.2) is 4.98 Å². The van der Waals surface area contributed by atoms with Gasteiger partial charge >= 0.3 is 0 Å². The minimum Gasteiger partial charge on any atom is -0.383 e. The van der Waals surface area contributed by atoms with E-state index in [1.807, 2.05) is 13.0 Å². The van der Waals surface area contributed by atoms with Crippen molar-refractivity contribution in [3.05, 3.63) is 23.4 Å². The highest BCUT2D eigenvalue weighted by molar-refractivity contribution is 6.03. The molecule has 2 N–H and O–H groups in total. The molecule has 15 heavy (non-hydrogen) atoms. The lowest BCUT2D eigenvalue weighted by molar-refractivity contribution is 0.0954. The molecule has 0 amide bonds.